The van der Waals surface area contributed by atoms with E-state index < -0.39 is 0 Å². The number of allylic oxidation sites excluding steroid dienone is 2. The van der Waals surface area contributed by atoms with Crippen LogP contribution in [0.4, 0.5) is 0 Å². The third-order valence-electron chi connectivity index (χ3n) is 1.24. The predicted molar refractivity (Wildman–Crippen MR) is 49.7 cm³/mol. The molecule has 0 aliphatic carbocycles. The lowest BCUT2D eigenvalue weighted by molar-refractivity contribution is 0.154. The fraction of sp³-hybridized carbons (Fsp3) is 0.600. The number of ether oxygens (including phenoxy) is 1. The van der Waals surface area contributed by atoms with E-state index in [1.807, 2.05) is 13.8 Å². The van der Waals surface area contributed by atoms with E-state index in [9.17, 15) is 0 Å². The lowest BCUT2D eigenvalue weighted by atomic mass is 10.3. The smallest absolute Gasteiger partial charge is 0.0671 e. The topological polar surface area (TPSA) is 9.23 Å². The van der Waals surface area contributed by atoms with E-state index in [1.165, 1.54) is 0 Å². The molecule has 1 nitrogen and oxygen atoms in total. The lowest BCUT2D eigenvalue weighted by Crippen LogP contribution is -1.96. The third kappa shape index (κ3) is 9.44. The molecule has 0 bridgehead atoms. The van der Waals surface area contributed by atoms with E-state index in [0.29, 0.717) is 6.61 Å². The minimum Gasteiger partial charge on any atom is -0.377 e. The van der Waals surface area contributed by atoms with Crippen LogP contribution >= 0.6 is 0 Å². The molecule has 1 heteroatoms. The normalized spacial score (nSPS) is 10.7. The summed E-state index contributed by atoms with van der Waals surface area (Å²) in [6.07, 6.45) is 6.45. The highest BCUT2D eigenvalue weighted by molar-refractivity contribution is 4.87. The predicted octanol–water partition coefficient (Wildman–Crippen LogP) is 2.94. The SMILES string of the molecule is C=C(C)COCCC/C=C\C. The second-order valence-electron chi connectivity index (χ2n) is 2.72. The van der Waals surface area contributed by atoms with Crippen LogP contribution in [0.3, 0.4) is 0 Å². The Balaban J connectivity index is 2.96. The number of unbranched alkanes of at least 4 members (excludes halogenated alkanes) is 1. The largest absolute Gasteiger partial charge is 0.377 e. The zero-order valence-electron chi connectivity index (χ0n) is 7.60. The maximum absolute atomic E-state index is 5.31. The van der Waals surface area contributed by atoms with Crippen LogP contribution in [0.1, 0.15) is 26.7 Å². The van der Waals surface area contributed by atoms with Gasteiger partial charge in [-0.3, -0.25) is 0 Å². The van der Waals surface area contributed by atoms with Crippen molar-refractivity contribution in [3.63, 3.8) is 0 Å². The van der Waals surface area contributed by atoms with Gasteiger partial charge in [-0.2, -0.15) is 0 Å². The molecule has 0 saturated heterocycles. The van der Waals surface area contributed by atoms with Gasteiger partial charge < -0.3 is 4.74 Å². The summed E-state index contributed by atoms with van der Waals surface area (Å²) in [4.78, 5) is 0. The zero-order chi connectivity index (χ0) is 8.53. The van der Waals surface area contributed by atoms with Crippen molar-refractivity contribution >= 4 is 0 Å². The van der Waals surface area contributed by atoms with Crippen molar-refractivity contribution in [3.05, 3.63) is 24.3 Å². The van der Waals surface area contributed by atoms with E-state index >= 15 is 0 Å². The van der Waals surface area contributed by atoms with Gasteiger partial charge in [0.15, 0.2) is 0 Å². The van der Waals surface area contributed by atoms with Gasteiger partial charge in [0.25, 0.3) is 0 Å². The molecule has 0 aromatic rings. The van der Waals surface area contributed by atoms with Crippen molar-refractivity contribution < 1.29 is 4.74 Å². The first-order valence-corrected chi connectivity index (χ1v) is 4.10. The summed E-state index contributed by atoms with van der Waals surface area (Å²) < 4.78 is 5.31. The molecule has 0 rings (SSSR count). The Kier molecular flexibility index (Phi) is 7.16. The molecule has 64 valence electrons. The molecule has 0 N–H and O–H groups in total. The van der Waals surface area contributed by atoms with Crippen LogP contribution in [-0.4, -0.2) is 13.2 Å². The first-order valence-electron chi connectivity index (χ1n) is 4.10. The van der Waals surface area contributed by atoms with Crippen molar-refractivity contribution in [2.45, 2.75) is 26.7 Å². The van der Waals surface area contributed by atoms with E-state index in [0.717, 1.165) is 25.0 Å². The quantitative estimate of drug-likeness (QED) is 0.422. The summed E-state index contributed by atoms with van der Waals surface area (Å²) >= 11 is 0. The Labute approximate surface area is 69.8 Å². The van der Waals surface area contributed by atoms with Crippen LogP contribution in [-0.2, 0) is 4.74 Å². The maximum atomic E-state index is 5.31. The van der Waals surface area contributed by atoms with Crippen LogP contribution < -0.4 is 0 Å². The van der Waals surface area contributed by atoms with Crippen LogP contribution in [0.2, 0.25) is 0 Å². The second kappa shape index (κ2) is 7.55. The molecule has 0 atom stereocenters. The van der Waals surface area contributed by atoms with Crippen molar-refractivity contribution in [2.24, 2.45) is 0 Å². The van der Waals surface area contributed by atoms with E-state index in [2.05, 4.69) is 18.7 Å². The van der Waals surface area contributed by atoms with Crippen LogP contribution in [0, 0.1) is 0 Å². The number of hydrogen-bond donors (Lipinski definition) is 0. The molecule has 0 amide bonds. The zero-order valence-corrected chi connectivity index (χ0v) is 7.60. The lowest BCUT2D eigenvalue weighted by Gasteiger charge is -2.00. The molecule has 0 aromatic carbocycles. The van der Waals surface area contributed by atoms with Crippen molar-refractivity contribution in [1.82, 2.24) is 0 Å². The van der Waals surface area contributed by atoms with Gasteiger partial charge in [0.2, 0.25) is 0 Å². The average Bonchev–Trinajstić information content (AvgIpc) is 1.96. The summed E-state index contributed by atoms with van der Waals surface area (Å²) in [6, 6.07) is 0. The molecule has 0 saturated carbocycles. The van der Waals surface area contributed by atoms with Gasteiger partial charge in [-0.25, -0.2) is 0 Å². The van der Waals surface area contributed by atoms with Gasteiger partial charge in [-0.1, -0.05) is 24.3 Å². The first-order chi connectivity index (χ1) is 5.27. The molecule has 0 aliphatic rings. The molecule has 0 aromatic heterocycles. The Hall–Kier alpha value is -0.560. The molecule has 11 heavy (non-hydrogen) atoms. The van der Waals surface area contributed by atoms with Gasteiger partial charge in [-0.05, 0) is 26.7 Å². The van der Waals surface area contributed by atoms with E-state index in [-0.39, 0.29) is 0 Å². The average molecular weight is 154 g/mol. The fourth-order valence-corrected chi connectivity index (χ4v) is 0.716. The Morgan fingerprint density at radius 3 is 2.82 bits per heavy atom. The summed E-state index contributed by atoms with van der Waals surface area (Å²) in [6.45, 7) is 9.31. The minimum absolute atomic E-state index is 0.704. The maximum Gasteiger partial charge on any atom is 0.0671 e. The monoisotopic (exact) mass is 154 g/mol. The van der Waals surface area contributed by atoms with Crippen molar-refractivity contribution in [3.8, 4) is 0 Å². The number of rotatable bonds is 6. The van der Waals surface area contributed by atoms with Gasteiger partial charge >= 0.3 is 0 Å². The van der Waals surface area contributed by atoms with Crippen molar-refractivity contribution in [1.29, 1.82) is 0 Å². The Morgan fingerprint density at radius 1 is 1.55 bits per heavy atom. The molecule has 0 heterocycles. The highest BCUT2D eigenvalue weighted by atomic mass is 16.5. The van der Waals surface area contributed by atoms with Crippen LogP contribution in [0.25, 0.3) is 0 Å². The van der Waals surface area contributed by atoms with Gasteiger partial charge in [-0.15, -0.1) is 0 Å². The van der Waals surface area contributed by atoms with Crippen LogP contribution in [0.15, 0.2) is 24.3 Å². The molecule has 0 aliphatic heterocycles. The van der Waals surface area contributed by atoms with Gasteiger partial charge in [0, 0.05) is 6.61 Å². The molecular formula is C10H18O. The fourth-order valence-electron chi connectivity index (χ4n) is 0.716. The summed E-state index contributed by atoms with van der Waals surface area (Å²) in [7, 11) is 0. The molecule has 0 fully saturated rings. The highest BCUT2D eigenvalue weighted by Gasteiger charge is 1.86. The first kappa shape index (κ1) is 10.4. The van der Waals surface area contributed by atoms with Crippen molar-refractivity contribution in [2.75, 3.05) is 13.2 Å². The highest BCUT2D eigenvalue weighted by Crippen LogP contribution is 1.94. The molecule has 0 unspecified atom stereocenters. The summed E-state index contributed by atoms with van der Waals surface area (Å²) in [5.74, 6) is 0. The molecule has 0 spiro atoms. The Morgan fingerprint density at radius 2 is 2.27 bits per heavy atom. The summed E-state index contributed by atoms with van der Waals surface area (Å²) in [5, 5.41) is 0. The third-order valence-corrected chi connectivity index (χ3v) is 1.24. The standard InChI is InChI=1S/C10H18O/c1-4-5-6-7-8-11-9-10(2)3/h4-5H,2,6-9H2,1,3H3/b5-4-. The summed E-state index contributed by atoms with van der Waals surface area (Å²) in [5.41, 5.74) is 1.09. The van der Waals surface area contributed by atoms with Gasteiger partial charge in [0.1, 0.15) is 0 Å². The van der Waals surface area contributed by atoms with Crippen LogP contribution in [0.5, 0.6) is 0 Å². The molecular weight excluding hydrogens is 136 g/mol. The second-order valence-corrected chi connectivity index (χ2v) is 2.72. The minimum atomic E-state index is 0.704. The Bertz CT molecular complexity index is 125. The molecule has 0 radical (unpaired) electrons. The van der Waals surface area contributed by atoms with E-state index in [4.69, 9.17) is 4.74 Å². The van der Waals surface area contributed by atoms with E-state index in [1.54, 1.807) is 0 Å². The van der Waals surface area contributed by atoms with Gasteiger partial charge in [0.05, 0.1) is 6.61 Å². The number of hydrogen-bond acceptors (Lipinski definition) is 1.